The molecule has 0 aromatic heterocycles. The summed E-state index contributed by atoms with van der Waals surface area (Å²) < 4.78 is 0. The van der Waals surface area contributed by atoms with Crippen LogP contribution in [0.15, 0.2) is 24.3 Å². The minimum absolute atomic E-state index is 0.116. The van der Waals surface area contributed by atoms with Crippen molar-refractivity contribution in [2.45, 2.75) is 31.9 Å². The highest BCUT2D eigenvalue weighted by atomic mass is 16.3. The van der Waals surface area contributed by atoms with Gasteiger partial charge in [0.15, 0.2) is 0 Å². The van der Waals surface area contributed by atoms with E-state index < -0.39 is 5.91 Å². The minimum atomic E-state index is -0.393. The molecular formula is C14H20N2O2. The largest absolute Gasteiger partial charge is 0.393 e. The summed E-state index contributed by atoms with van der Waals surface area (Å²) in [6, 6.07) is 7.36. The van der Waals surface area contributed by atoms with Gasteiger partial charge in [-0.25, -0.2) is 0 Å². The fourth-order valence-corrected chi connectivity index (χ4v) is 2.49. The van der Waals surface area contributed by atoms with E-state index in [1.54, 1.807) is 6.07 Å². The number of hydrogen-bond donors (Lipinski definition) is 3. The van der Waals surface area contributed by atoms with Gasteiger partial charge in [0.2, 0.25) is 5.91 Å². The van der Waals surface area contributed by atoms with Crippen LogP contribution in [0, 0.1) is 5.92 Å². The number of nitrogens with one attached hydrogen (secondary N) is 1. The van der Waals surface area contributed by atoms with Crippen molar-refractivity contribution in [3.8, 4) is 0 Å². The highest BCUT2D eigenvalue weighted by molar-refractivity contribution is 5.92. The lowest BCUT2D eigenvalue weighted by atomic mass is 10.1. The van der Waals surface area contributed by atoms with Crippen LogP contribution >= 0.6 is 0 Å². The summed E-state index contributed by atoms with van der Waals surface area (Å²) in [5, 5.41) is 12.8. The first-order chi connectivity index (χ1) is 8.65. The Hall–Kier alpha value is -1.39. The van der Waals surface area contributed by atoms with Gasteiger partial charge in [-0.2, -0.15) is 0 Å². The predicted octanol–water partition coefficient (Wildman–Crippen LogP) is 1.04. The molecule has 0 bridgehead atoms. The van der Waals surface area contributed by atoms with E-state index in [9.17, 15) is 9.90 Å². The zero-order chi connectivity index (χ0) is 13.0. The molecule has 2 unspecified atom stereocenters. The zero-order valence-electron chi connectivity index (χ0n) is 10.4. The van der Waals surface area contributed by atoms with Gasteiger partial charge in [0, 0.05) is 12.1 Å². The van der Waals surface area contributed by atoms with Crippen molar-refractivity contribution in [2.75, 3.05) is 6.54 Å². The molecule has 4 heteroatoms. The zero-order valence-corrected chi connectivity index (χ0v) is 10.4. The molecule has 2 atom stereocenters. The first-order valence-electron chi connectivity index (χ1n) is 6.42. The number of aliphatic hydroxyl groups is 1. The summed E-state index contributed by atoms with van der Waals surface area (Å²) in [4.78, 5) is 11.0. The average molecular weight is 248 g/mol. The molecule has 4 N–H and O–H groups in total. The third kappa shape index (κ3) is 3.55. The maximum absolute atomic E-state index is 11.0. The molecule has 1 saturated carbocycles. The van der Waals surface area contributed by atoms with Gasteiger partial charge < -0.3 is 16.2 Å². The second-order valence-electron chi connectivity index (χ2n) is 5.03. The summed E-state index contributed by atoms with van der Waals surface area (Å²) >= 11 is 0. The van der Waals surface area contributed by atoms with Crippen LogP contribution in [0.5, 0.6) is 0 Å². The molecule has 4 nitrogen and oxygen atoms in total. The summed E-state index contributed by atoms with van der Waals surface area (Å²) in [5.74, 6) is 0.176. The Morgan fingerprint density at radius 1 is 1.44 bits per heavy atom. The van der Waals surface area contributed by atoms with Gasteiger partial charge in [0.1, 0.15) is 0 Å². The van der Waals surface area contributed by atoms with E-state index in [0.29, 0.717) is 11.5 Å². The molecule has 0 aliphatic heterocycles. The Bertz CT molecular complexity index is 420. The van der Waals surface area contributed by atoms with Gasteiger partial charge in [0.25, 0.3) is 0 Å². The van der Waals surface area contributed by atoms with Crippen molar-refractivity contribution >= 4 is 5.91 Å². The maximum Gasteiger partial charge on any atom is 0.248 e. The van der Waals surface area contributed by atoms with Gasteiger partial charge in [-0.15, -0.1) is 0 Å². The molecule has 98 valence electrons. The molecule has 1 fully saturated rings. The van der Waals surface area contributed by atoms with Gasteiger partial charge in [-0.3, -0.25) is 4.79 Å². The van der Waals surface area contributed by atoms with E-state index in [2.05, 4.69) is 5.32 Å². The SMILES string of the molecule is NC(=O)c1cccc(CNCC2CCC(O)C2)c1. The second-order valence-corrected chi connectivity index (χ2v) is 5.03. The summed E-state index contributed by atoms with van der Waals surface area (Å²) in [7, 11) is 0. The summed E-state index contributed by atoms with van der Waals surface area (Å²) in [5.41, 5.74) is 6.85. The molecule has 0 spiro atoms. The highest BCUT2D eigenvalue weighted by Crippen LogP contribution is 2.24. The number of hydrogen-bond acceptors (Lipinski definition) is 3. The van der Waals surface area contributed by atoms with Crippen molar-refractivity contribution in [1.82, 2.24) is 5.32 Å². The number of aliphatic hydroxyl groups excluding tert-OH is 1. The molecule has 1 aliphatic carbocycles. The molecule has 1 amide bonds. The van der Waals surface area contributed by atoms with Crippen LogP contribution in [-0.2, 0) is 6.54 Å². The topological polar surface area (TPSA) is 75.4 Å². The van der Waals surface area contributed by atoms with Crippen LogP contribution in [0.3, 0.4) is 0 Å². The van der Waals surface area contributed by atoms with E-state index in [1.807, 2.05) is 18.2 Å². The third-order valence-corrected chi connectivity index (χ3v) is 3.49. The van der Waals surface area contributed by atoms with Crippen LogP contribution < -0.4 is 11.1 Å². The Morgan fingerprint density at radius 2 is 2.28 bits per heavy atom. The molecule has 1 aromatic carbocycles. The summed E-state index contributed by atoms with van der Waals surface area (Å²) in [6.45, 7) is 1.64. The average Bonchev–Trinajstić information content (AvgIpc) is 2.75. The van der Waals surface area contributed by atoms with E-state index >= 15 is 0 Å². The first-order valence-corrected chi connectivity index (χ1v) is 6.42. The molecule has 1 aliphatic rings. The number of rotatable bonds is 5. The monoisotopic (exact) mass is 248 g/mol. The minimum Gasteiger partial charge on any atom is -0.393 e. The van der Waals surface area contributed by atoms with Gasteiger partial charge in [-0.1, -0.05) is 12.1 Å². The molecular weight excluding hydrogens is 228 g/mol. The molecule has 0 saturated heterocycles. The molecule has 2 rings (SSSR count). The lowest BCUT2D eigenvalue weighted by molar-refractivity contribution is 0.1000. The maximum atomic E-state index is 11.0. The summed E-state index contributed by atoms with van der Waals surface area (Å²) in [6.07, 6.45) is 2.79. The van der Waals surface area contributed by atoms with E-state index in [0.717, 1.165) is 37.9 Å². The van der Waals surface area contributed by atoms with Crippen LogP contribution in [0.1, 0.15) is 35.2 Å². The fourth-order valence-electron chi connectivity index (χ4n) is 2.49. The Morgan fingerprint density at radius 3 is 2.94 bits per heavy atom. The lowest BCUT2D eigenvalue weighted by Gasteiger charge is -2.11. The van der Waals surface area contributed by atoms with E-state index in [1.165, 1.54) is 0 Å². The Kier molecular flexibility index (Phi) is 4.33. The van der Waals surface area contributed by atoms with Crippen LogP contribution in [0.4, 0.5) is 0 Å². The number of amides is 1. The number of carbonyl (C=O) groups excluding carboxylic acids is 1. The third-order valence-electron chi connectivity index (χ3n) is 3.49. The van der Waals surface area contributed by atoms with Gasteiger partial charge >= 0.3 is 0 Å². The van der Waals surface area contributed by atoms with Gasteiger partial charge in [-0.05, 0) is 49.4 Å². The number of nitrogens with two attached hydrogens (primary N) is 1. The molecule has 0 heterocycles. The fraction of sp³-hybridized carbons (Fsp3) is 0.500. The highest BCUT2D eigenvalue weighted by Gasteiger charge is 2.21. The molecule has 0 radical (unpaired) electrons. The number of benzene rings is 1. The van der Waals surface area contributed by atoms with Crippen molar-refractivity contribution in [1.29, 1.82) is 0 Å². The molecule has 1 aromatic rings. The van der Waals surface area contributed by atoms with E-state index in [4.69, 9.17) is 5.73 Å². The smallest absolute Gasteiger partial charge is 0.248 e. The Labute approximate surface area is 107 Å². The Balaban J connectivity index is 1.79. The van der Waals surface area contributed by atoms with Gasteiger partial charge in [0.05, 0.1) is 6.10 Å². The number of primary amides is 1. The molecule has 18 heavy (non-hydrogen) atoms. The normalized spacial score (nSPS) is 23.2. The van der Waals surface area contributed by atoms with Crippen LogP contribution in [0.25, 0.3) is 0 Å². The standard InChI is InChI=1S/C14H20N2O2/c15-14(18)12-3-1-2-10(6-12)8-16-9-11-4-5-13(17)7-11/h1-3,6,11,13,16-17H,4-5,7-9H2,(H2,15,18). The first kappa shape index (κ1) is 13.1. The van der Waals surface area contributed by atoms with Crippen molar-refractivity contribution < 1.29 is 9.90 Å². The quantitative estimate of drug-likeness (QED) is 0.728. The van der Waals surface area contributed by atoms with E-state index in [-0.39, 0.29) is 6.10 Å². The van der Waals surface area contributed by atoms with Crippen LogP contribution in [0.2, 0.25) is 0 Å². The van der Waals surface area contributed by atoms with Crippen molar-refractivity contribution in [2.24, 2.45) is 11.7 Å². The predicted molar refractivity (Wildman–Crippen MR) is 70.0 cm³/mol. The number of carbonyl (C=O) groups is 1. The van der Waals surface area contributed by atoms with Crippen molar-refractivity contribution in [3.63, 3.8) is 0 Å². The van der Waals surface area contributed by atoms with Crippen LogP contribution in [-0.4, -0.2) is 23.7 Å². The second kappa shape index (κ2) is 5.98. The van der Waals surface area contributed by atoms with Crippen molar-refractivity contribution in [3.05, 3.63) is 35.4 Å². The lowest BCUT2D eigenvalue weighted by Crippen LogP contribution is -2.21.